The van der Waals surface area contributed by atoms with Crippen molar-refractivity contribution in [3.05, 3.63) is 52.8 Å². The molecule has 196 valence electrons. The SMILES string of the molecule is N=C(N)c1ccc(OC(=O)C(F)(F)F)c(CN2CC[C@H](NS(=O)(=O)c3cc4c(Cl)nccc4s3)C2=O)c1. The first-order chi connectivity index (χ1) is 17.3. The minimum absolute atomic E-state index is 0.0196. The third-order valence-electron chi connectivity index (χ3n) is 5.40. The molecular formula is C21H17ClF3N5O5S2. The molecule has 0 saturated carbocycles. The number of likely N-dealkylation sites (tertiary alicyclic amines) is 1. The second-order valence-corrected chi connectivity index (χ2v) is 11.3. The summed E-state index contributed by atoms with van der Waals surface area (Å²) in [6.45, 7) is -0.256. The molecule has 0 bridgehead atoms. The van der Waals surface area contributed by atoms with Crippen molar-refractivity contribution in [1.82, 2.24) is 14.6 Å². The Kier molecular flexibility index (Phi) is 7.16. The highest BCUT2D eigenvalue weighted by molar-refractivity contribution is 7.91. The molecule has 1 fully saturated rings. The second kappa shape index (κ2) is 9.89. The molecule has 1 aliphatic rings. The van der Waals surface area contributed by atoms with Crippen molar-refractivity contribution in [2.24, 2.45) is 5.73 Å². The number of nitrogens with one attached hydrogen (secondary N) is 2. The maximum atomic E-state index is 13.0. The van der Waals surface area contributed by atoms with Crippen LogP contribution in [0.3, 0.4) is 0 Å². The predicted molar refractivity (Wildman–Crippen MR) is 128 cm³/mol. The molecule has 1 aliphatic heterocycles. The number of hydrogen-bond acceptors (Lipinski definition) is 8. The fourth-order valence-electron chi connectivity index (χ4n) is 3.62. The molecule has 3 heterocycles. The van der Waals surface area contributed by atoms with Crippen LogP contribution in [0.25, 0.3) is 10.1 Å². The van der Waals surface area contributed by atoms with Gasteiger partial charge in [0.2, 0.25) is 5.91 Å². The molecule has 1 aromatic carbocycles. The maximum Gasteiger partial charge on any atom is 0.491 e. The van der Waals surface area contributed by atoms with Crippen LogP contribution >= 0.6 is 22.9 Å². The molecule has 4 N–H and O–H groups in total. The molecule has 1 saturated heterocycles. The molecule has 1 amide bonds. The summed E-state index contributed by atoms with van der Waals surface area (Å²) in [4.78, 5) is 29.4. The van der Waals surface area contributed by atoms with E-state index < -0.39 is 45.7 Å². The van der Waals surface area contributed by atoms with Crippen LogP contribution in [0.1, 0.15) is 17.5 Å². The van der Waals surface area contributed by atoms with Crippen molar-refractivity contribution >= 4 is 60.8 Å². The van der Waals surface area contributed by atoms with Gasteiger partial charge in [-0.2, -0.15) is 17.9 Å². The Bertz CT molecular complexity index is 1530. The molecule has 1 atom stereocenters. The number of alkyl halides is 3. The van der Waals surface area contributed by atoms with E-state index >= 15 is 0 Å². The molecule has 0 spiro atoms. The number of benzene rings is 1. The van der Waals surface area contributed by atoms with E-state index in [9.17, 15) is 31.2 Å². The number of rotatable bonds is 7. The molecule has 3 aromatic rings. The number of amidine groups is 1. The standard InChI is InChI=1S/C21H17ClF3N5O5S2/c22-17-12-8-16(36-15(12)3-5-28-17)37(33,34)29-13-4-6-30(19(13)31)9-11-7-10(18(26)27)1-2-14(11)35-20(32)21(23,24)25/h1-3,5,7-8,13,29H,4,6,9H2,(H3,26,27)/t13-/m0/s1. The third kappa shape index (κ3) is 5.69. The number of fused-ring (bicyclic) bond motifs is 1. The van der Waals surface area contributed by atoms with Crippen molar-refractivity contribution in [3.8, 4) is 5.75 Å². The first kappa shape index (κ1) is 26.8. The first-order valence-electron chi connectivity index (χ1n) is 10.4. The number of nitrogens with two attached hydrogens (primary N) is 1. The van der Waals surface area contributed by atoms with Gasteiger partial charge in [-0.1, -0.05) is 11.6 Å². The molecule has 0 aliphatic carbocycles. The lowest BCUT2D eigenvalue weighted by Gasteiger charge is -2.20. The number of pyridine rings is 1. The van der Waals surface area contributed by atoms with E-state index in [4.69, 9.17) is 22.7 Å². The molecule has 4 rings (SSSR count). The quantitative estimate of drug-likeness (QED) is 0.129. The van der Waals surface area contributed by atoms with Crippen molar-refractivity contribution in [1.29, 1.82) is 5.41 Å². The van der Waals surface area contributed by atoms with Gasteiger partial charge in [0, 0.05) is 40.5 Å². The number of hydrogen-bond donors (Lipinski definition) is 3. The summed E-state index contributed by atoms with van der Waals surface area (Å²) in [5, 5.41) is 8.13. The third-order valence-corrected chi connectivity index (χ3v) is 8.75. The number of thiophene rings is 1. The van der Waals surface area contributed by atoms with Crippen molar-refractivity contribution in [3.63, 3.8) is 0 Å². The van der Waals surface area contributed by atoms with Crippen molar-refractivity contribution in [2.75, 3.05) is 6.54 Å². The lowest BCUT2D eigenvalue weighted by atomic mass is 10.1. The fraction of sp³-hybridized carbons (Fsp3) is 0.238. The Morgan fingerprint density at radius 1 is 1.32 bits per heavy atom. The number of amides is 1. The topological polar surface area (TPSA) is 156 Å². The number of nitrogens with zero attached hydrogens (tertiary/aromatic N) is 2. The molecule has 10 nitrogen and oxygen atoms in total. The number of carbonyl (C=O) groups is 2. The van der Waals surface area contributed by atoms with E-state index in [1.54, 1.807) is 6.07 Å². The number of esters is 1. The average Bonchev–Trinajstić information content (AvgIpc) is 3.40. The molecular weight excluding hydrogens is 559 g/mol. The summed E-state index contributed by atoms with van der Waals surface area (Å²) in [7, 11) is -4.11. The molecule has 0 radical (unpaired) electrons. The molecule has 16 heteroatoms. The second-order valence-electron chi connectivity index (χ2n) is 7.92. The summed E-state index contributed by atoms with van der Waals surface area (Å²) in [5.74, 6) is -3.96. The van der Waals surface area contributed by atoms with Gasteiger partial charge in [0.1, 0.15) is 27.0 Å². The van der Waals surface area contributed by atoms with E-state index in [1.165, 1.54) is 29.3 Å². The van der Waals surface area contributed by atoms with Crippen LogP contribution in [0.5, 0.6) is 5.75 Å². The number of sulfonamides is 1. The molecule has 0 unspecified atom stereocenters. The van der Waals surface area contributed by atoms with Crippen LogP contribution in [-0.2, 0) is 26.2 Å². The van der Waals surface area contributed by atoms with Gasteiger partial charge in [0.05, 0.1) is 0 Å². The largest absolute Gasteiger partial charge is 0.491 e. The average molecular weight is 576 g/mol. The number of carbonyl (C=O) groups excluding carboxylic acids is 2. The highest BCUT2D eigenvalue weighted by Crippen LogP contribution is 2.33. The highest BCUT2D eigenvalue weighted by Gasteiger charge is 2.42. The van der Waals surface area contributed by atoms with E-state index in [-0.39, 0.29) is 40.0 Å². The van der Waals surface area contributed by atoms with Crippen LogP contribution < -0.4 is 15.2 Å². The van der Waals surface area contributed by atoms with Gasteiger partial charge in [-0.05, 0) is 36.8 Å². The summed E-state index contributed by atoms with van der Waals surface area (Å²) in [5.41, 5.74) is 5.56. The summed E-state index contributed by atoms with van der Waals surface area (Å²) >= 11 is 6.96. The van der Waals surface area contributed by atoms with Crippen LogP contribution in [0, 0.1) is 5.41 Å². The Morgan fingerprint density at radius 2 is 2.05 bits per heavy atom. The van der Waals surface area contributed by atoms with Crippen LogP contribution in [0.4, 0.5) is 13.2 Å². The van der Waals surface area contributed by atoms with E-state index in [2.05, 4.69) is 14.4 Å². The van der Waals surface area contributed by atoms with Gasteiger partial charge in [-0.3, -0.25) is 10.2 Å². The molecule has 37 heavy (non-hydrogen) atoms. The number of nitrogen functional groups attached to an aromatic ring is 1. The normalized spacial score (nSPS) is 16.4. The van der Waals surface area contributed by atoms with Gasteiger partial charge in [-0.25, -0.2) is 18.2 Å². The Labute approximate surface area is 216 Å². The van der Waals surface area contributed by atoms with Crippen molar-refractivity contribution < 1.29 is 35.9 Å². The minimum atomic E-state index is -5.25. The monoisotopic (exact) mass is 575 g/mol. The zero-order valence-corrected chi connectivity index (χ0v) is 20.9. The van der Waals surface area contributed by atoms with E-state index in [1.807, 2.05) is 0 Å². The summed E-state index contributed by atoms with van der Waals surface area (Å²) < 4.78 is 71.3. The predicted octanol–water partition coefficient (Wildman–Crippen LogP) is 2.78. The van der Waals surface area contributed by atoms with Gasteiger partial charge < -0.3 is 15.4 Å². The fourth-order valence-corrected chi connectivity index (χ4v) is 6.51. The van der Waals surface area contributed by atoms with E-state index in [0.29, 0.717) is 10.1 Å². The highest BCUT2D eigenvalue weighted by atomic mass is 35.5. The van der Waals surface area contributed by atoms with Crippen LogP contribution in [-0.4, -0.2) is 54.8 Å². The lowest BCUT2D eigenvalue weighted by Crippen LogP contribution is -2.41. The van der Waals surface area contributed by atoms with Gasteiger partial charge >= 0.3 is 12.1 Å². The van der Waals surface area contributed by atoms with Gasteiger partial charge in [-0.15, -0.1) is 11.3 Å². The van der Waals surface area contributed by atoms with Gasteiger partial charge in [0.25, 0.3) is 10.0 Å². The number of aromatic nitrogens is 1. The smallest absolute Gasteiger partial charge is 0.420 e. The zero-order chi connectivity index (χ0) is 27.1. The Balaban J connectivity index is 1.53. The Hall–Kier alpha value is -3.27. The van der Waals surface area contributed by atoms with Crippen LogP contribution in [0.15, 0.2) is 40.7 Å². The summed E-state index contributed by atoms with van der Waals surface area (Å²) in [6.07, 6.45) is -3.74. The maximum absolute atomic E-state index is 13.0. The lowest BCUT2D eigenvalue weighted by molar-refractivity contribution is -0.189. The minimum Gasteiger partial charge on any atom is -0.420 e. The van der Waals surface area contributed by atoms with Crippen molar-refractivity contribution in [2.45, 2.75) is 29.4 Å². The Morgan fingerprint density at radius 3 is 2.70 bits per heavy atom. The van der Waals surface area contributed by atoms with Crippen LogP contribution in [0.2, 0.25) is 5.15 Å². The number of halogens is 4. The zero-order valence-electron chi connectivity index (χ0n) is 18.5. The molecule has 2 aromatic heterocycles. The van der Waals surface area contributed by atoms with E-state index in [0.717, 1.165) is 17.4 Å². The first-order valence-corrected chi connectivity index (χ1v) is 13.1. The number of ether oxygens (including phenoxy) is 1. The summed E-state index contributed by atoms with van der Waals surface area (Å²) in [6, 6.07) is 5.27. The van der Waals surface area contributed by atoms with Gasteiger partial charge in [0.15, 0.2) is 0 Å².